The van der Waals surface area contributed by atoms with Gasteiger partial charge < -0.3 is 19.5 Å². The van der Waals surface area contributed by atoms with Crippen molar-refractivity contribution >= 4 is 18.0 Å². The number of rotatable bonds is 5. The number of alkyl halides is 3. The Hall–Kier alpha value is -3.60. The van der Waals surface area contributed by atoms with Gasteiger partial charge in [-0.1, -0.05) is 48.5 Å². The summed E-state index contributed by atoms with van der Waals surface area (Å²) < 4.78 is 54.7. The van der Waals surface area contributed by atoms with E-state index in [1.165, 1.54) is 6.92 Å². The summed E-state index contributed by atoms with van der Waals surface area (Å²) in [6.45, 7) is 0.480. The highest BCUT2D eigenvalue weighted by Gasteiger charge is 2.56. The Kier molecular flexibility index (Phi) is 6.70. The molecule has 2 aromatic carbocycles. The minimum atomic E-state index is -4.94. The highest BCUT2D eigenvalue weighted by atomic mass is 19.4. The number of carbonyl (C=O) groups excluding carboxylic acids is 3. The molecule has 1 aliphatic heterocycles. The Morgan fingerprint density at radius 3 is 2.20 bits per heavy atom. The molecule has 35 heavy (non-hydrogen) atoms. The zero-order chi connectivity index (χ0) is 25.3. The summed E-state index contributed by atoms with van der Waals surface area (Å²) in [4.78, 5) is 37.5. The summed E-state index contributed by atoms with van der Waals surface area (Å²) in [6.07, 6.45) is -8.56. The first-order valence-electron chi connectivity index (χ1n) is 10.8. The zero-order valence-electron chi connectivity index (χ0n) is 18.9. The number of fused-ring (bicyclic) bond motifs is 3. The van der Waals surface area contributed by atoms with Crippen LogP contribution in [0.4, 0.5) is 18.0 Å². The van der Waals surface area contributed by atoms with Crippen molar-refractivity contribution in [3.05, 3.63) is 59.7 Å². The number of hydrogen-bond donors (Lipinski definition) is 1. The van der Waals surface area contributed by atoms with E-state index < -0.39 is 49.1 Å². The molecule has 0 radical (unpaired) electrons. The lowest BCUT2D eigenvalue weighted by Crippen LogP contribution is -2.57. The molecule has 2 amide bonds. The second-order valence-electron chi connectivity index (χ2n) is 8.20. The number of alkyl carbamates (subject to hydrolysis) is 1. The van der Waals surface area contributed by atoms with Crippen LogP contribution >= 0.6 is 0 Å². The van der Waals surface area contributed by atoms with Crippen LogP contribution in [0.5, 0.6) is 0 Å². The Bertz CT molecular complexity index is 1090. The van der Waals surface area contributed by atoms with Crippen LogP contribution in [0.2, 0.25) is 0 Å². The van der Waals surface area contributed by atoms with Crippen molar-refractivity contribution in [2.45, 2.75) is 37.3 Å². The van der Waals surface area contributed by atoms with Gasteiger partial charge in [-0.15, -0.1) is 0 Å². The molecule has 4 rings (SSSR count). The van der Waals surface area contributed by atoms with E-state index in [4.69, 9.17) is 4.74 Å². The van der Waals surface area contributed by atoms with Crippen LogP contribution in [0.15, 0.2) is 48.5 Å². The van der Waals surface area contributed by atoms with Gasteiger partial charge in [0, 0.05) is 5.92 Å². The van der Waals surface area contributed by atoms with Gasteiger partial charge in [-0.3, -0.25) is 9.69 Å². The molecule has 0 aromatic heterocycles. The molecular formula is C24H23F3N2O6. The number of amides is 2. The number of nitrogens with one attached hydrogen (secondary N) is 1. The molecule has 1 heterocycles. The van der Waals surface area contributed by atoms with E-state index >= 15 is 0 Å². The first kappa shape index (κ1) is 24.5. The van der Waals surface area contributed by atoms with E-state index in [1.807, 2.05) is 48.5 Å². The predicted octanol–water partition coefficient (Wildman–Crippen LogP) is 3.20. The lowest BCUT2D eigenvalue weighted by Gasteiger charge is -2.30. The Labute approximate surface area is 198 Å². The van der Waals surface area contributed by atoms with Crippen molar-refractivity contribution < 1.29 is 41.8 Å². The topological polar surface area (TPSA) is 94.2 Å². The van der Waals surface area contributed by atoms with Gasteiger partial charge >= 0.3 is 18.2 Å². The average Bonchev–Trinajstić information content (AvgIpc) is 3.42. The first-order chi connectivity index (χ1) is 16.6. The van der Waals surface area contributed by atoms with Gasteiger partial charge in [0.25, 0.3) is 0 Å². The summed E-state index contributed by atoms with van der Waals surface area (Å²) in [5.41, 5.74) is 4.02. The lowest BCUT2D eigenvalue weighted by molar-refractivity contribution is -0.240. The maximum Gasteiger partial charge on any atom is 0.433 e. The second kappa shape index (κ2) is 9.57. The number of carbonyl (C=O) groups is 3. The van der Waals surface area contributed by atoms with Gasteiger partial charge in [0.15, 0.2) is 6.04 Å². The van der Waals surface area contributed by atoms with Gasteiger partial charge in [-0.25, -0.2) is 9.59 Å². The number of hydrogen-bond acceptors (Lipinski definition) is 6. The average molecular weight is 492 g/mol. The third kappa shape index (κ3) is 4.68. The maximum absolute atomic E-state index is 13.4. The standard InChI is InChI=1S/C24H23F3N2O6/c1-13(20(30)29-19(21(31)33-2)12-34-22(29)24(25,26)27)28-23(32)35-11-18-16-9-5-3-7-14(16)15-8-4-6-10-17(15)18/h3-10,13,18-19,22H,11-12H2,1-2H3,(H,28,32)/t13-,19-,22+/m0/s1. The number of benzene rings is 2. The van der Waals surface area contributed by atoms with E-state index in [0.29, 0.717) is 0 Å². The third-order valence-corrected chi connectivity index (χ3v) is 6.06. The van der Waals surface area contributed by atoms with Gasteiger partial charge in [0.1, 0.15) is 12.6 Å². The van der Waals surface area contributed by atoms with Gasteiger partial charge in [0.2, 0.25) is 12.1 Å². The minimum absolute atomic E-state index is 0.0381. The highest BCUT2D eigenvalue weighted by Crippen LogP contribution is 2.44. The van der Waals surface area contributed by atoms with Crippen LogP contribution in [0, 0.1) is 0 Å². The highest BCUT2D eigenvalue weighted by molar-refractivity contribution is 5.90. The lowest BCUT2D eigenvalue weighted by atomic mass is 9.98. The largest absolute Gasteiger partial charge is 0.467 e. The fraction of sp³-hybridized carbons (Fsp3) is 0.375. The molecule has 0 saturated carbocycles. The van der Waals surface area contributed by atoms with Crippen LogP contribution in [-0.2, 0) is 23.8 Å². The van der Waals surface area contributed by atoms with Crippen LogP contribution in [-0.4, -0.2) is 67.7 Å². The van der Waals surface area contributed by atoms with Gasteiger partial charge in [0.05, 0.1) is 13.7 Å². The zero-order valence-corrected chi connectivity index (χ0v) is 18.9. The van der Waals surface area contributed by atoms with Crippen LogP contribution < -0.4 is 5.32 Å². The molecule has 1 aliphatic carbocycles. The first-order valence-corrected chi connectivity index (χ1v) is 10.8. The summed E-state index contributed by atoms with van der Waals surface area (Å²) in [5.74, 6) is -2.45. The van der Waals surface area contributed by atoms with E-state index in [0.717, 1.165) is 29.4 Å². The third-order valence-electron chi connectivity index (χ3n) is 6.06. The van der Waals surface area contributed by atoms with Crippen LogP contribution in [0.3, 0.4) is 0 Å². The monoisotopic (exact) mass is 492 g/mol. The van der Waals surface area contributed by atoms with E-state index in [9.17, 15) is 27.6 Å². The molecular weight excluding hydrogens is 469 g/mol. The molecule has 2 aromatic rings. The quantitative estimate of drug-likeness (QED) is 0.645. The summed E-state index contributed by atoms with van der Waals surface area (Å²) in [6, 6.07) is 12.4. The predicted molar refractivity (Wildman–Crippen MR) is 116 cm³/mol. The Balaban J connectivity index is 1.43. The molecule has 11 heteroatoms. The Morgan fingerprint density at radius 2 is 1.66 bits per heavy atom. The van der Waals surface area contributed by atoms with Crippen LogP contribution in [0.25, 0.3) is 11.1 Å². The second-order valence-corrected chi connectivity index (χ2v) is 8.20. The van der Waals surface area contributed by atoms with Crippen molar-refractivity contribution in [3.63, 3.8) is 0 Å². The normalized spacial score (nSPS) is 20.1. The molecule has 2 aliphatic rings. The fourth-order valence-electron chi connectivity index (χ4n) is 4.45. The number of nitrogens with zero attached hydrogens (tertiary/aromatic N) is 1. The van der Waals surface area contributed by atoms with E-state index in [1.54, 1.807) is 0 Å². The Morgan fingerprint density at radius 1 is 1.09 bits per heavy atom. The number of ether oxygens (including phenoxy) is 3. The number of methoxy groups -OCH3 is 1. The maximum atomic E-state index is 13.4. The minimum Gasteiger partial charge on any atom is -0.467 e. The van der Waals surface area contributed by atoms with E-state index in [2.05, 4.69) is 14.8 Å². The molecule has 1 saturated heterocycles. The van der Waals surface area contributed by atoms with Crippen molar-refractivity contribution in [2.24, 2.45) is 0 Å². The fourth-order valence-corrected chi connectivity index (χ4v) is 4.45. The summed E-state index contributed by atoms with van der Waals surface area (Å²) in [7, 11) is 0.990. The summed E-state index contributed by atoms with van der Waals surface area (Å²) >= 11 is 0. The molecule has 1 N–H and O–H groups in total. The SMILES string of the molecule is COC(=O)[C@@H]1CO[C@H](C(F)(F)F)N1C(=O)[C@H](C)NC(=O)OCC1c2ccccc2-c2ccccc21. The summed E-state index contributed by atoms with van der Waals surface area (Å²) in [5, 5.41) is 2.25. The van der Waals surface area contributed by atoms with E-state index in [-0.39, 0.29) is 17.4 Å². The van der Waals surface area contributed by atoms with Crippen molar-refractivity contribution in [3.8, 4) is 11.1 Å². The molecule has 3 atom stereocenters. The van der Waals surface area contributed by atoms with Gasteiger partial charge in [-0.05, 0) is 29.2 Å². The van der Waals surface area contributed by atoms with Crippen molar-refractivity contribution in [2.75, 3.05) is 20.3 Å². The van der Waals surface area contributed by atoms with Crippen molar-refractivity contribution in [1.29, 1.82) is 0 Å². The van der Waals surface area contributed by atoms with Gasteiger partial charge in [-0.2, -0.15) is 13.2 Å². The number of esters is 1. The molecule has 0 bridgehead atoms. The van der Waals surface area contributed by atoms with Crippen molar-refractivity contribution in [1.82, 2.24) is 10.2 Å². The molecule has 0 unspecified atom stereocenters. The molecule has 1 fully saturated rings. The smallest absolute Gasteiger partial charge is 0.433 e. The molecule has 8 nitrogen and oxygen atoms in total. The molecule has 0 spiro atoms. The molecule has 186 valence electrons. The number of halogens is 3. The van der Waals surface area contributed by atoms with Crippen LogP contribution in [0.1, 0.15) is 24.0 Å².